The third-order valence-electron chi connectivity index (χ3n) is 7.92. The first-order chi connectivity index (χ1) is 18.2. The molecule has 1 heterocycles. The fourth-order valence-electron chi connectivity index (χ4n) is 5.46. The molecule has 1 N–H and O–H groups in total. The Morgan fingerprint density at radius 2 is 1.87 bits per heavy atom. The van der Waals surface area contributed by atoms with Gasteiger partial charge in [-0.2, -0.15) is 4.91 Å². The second-order valence-corrected chi connectivity index (χ2v) is 11.6. The topological polar surface area (TPSA) is 88.1 Å². The molecule has 1 aliphatic heterocycles. The first kappa shape index (κ1) is 28.4. The molecule has 1 atom stereocenters. The summed E-state index contributed by atoms with van der Waals surface area (Å²) in [4.78, 5) is 38.8. The summed E-state index contributed by atoms with van der Waals surface area (Å²) in [6.07, 6.45) is 5.44. The zero-order valence-electron chi connectivity index (χ0n) is 22.0. The number of ether oxygens (including phenoxy) is 1. The van der Waals surface area contributed by atoms with Gasteiger partial charge in [-0.05, 0) is 99.7 Å². The molecule has 7 nitrogen and oxygen atoms in total. The predicted molar refractivity (Wildman–Crippen MR) is 150 cm³/mol. The van der Waals surface area contributed by atoms with Crippen LogP contribution in [0.25, 0.3) is 0 Å². The zero-order valence-corrected chi connectivity index (χ0v) is 23.5. The number of piperidine rings is 1. The van der Waals surface area contributed by atoms with Gasteiger partial charge in [-0.25, -0.2) is 0 Å². The van der Waals surface area contributed by atoms with Gasteiger partial charge in [0.05, 0.1) is 5.54 Å². The van der Waals surface area contributed by atoms with E-state index in [1.807, 2.05) is 36.9 Å². The van der Waals surface area contributed by atoms with E-state index in [2.05, 4.69) is 10.5 Å². The van der Waals surface area contributed by atoms with Crippen LogP contribution in [0, 0.1) is 17.7 Å². The second kappa shape index (κ2) is 12.5. The SMILES string of the molecule is Cc1cc(Cl)ccc1CNC(=O)COc1ccc(CC2CCCN(C3CCC(C)(N=O)CC3)C2=O)c(Cl)c1. The van der Waals surface area contributed by atoms with Crippen LogP contribution in [0.3, 0.4) is 0 Å². The average molecular weight is 561 g/mol. The Bertz CT molecular complexity index is 1180. The number of amides is 2. The van der Waals surface area contributed by atoms with E-state index in [1.165, 1.54) is 0 Å². The van der Waals surface area contributed by atoms with Crippen molar-refractivity contribution >= 4 is 35.0 Å². The summed E-state index contributed by atoms with van der Waals surface area (Å²) < 4.78 is 5.65. The number of halogens is 2. The molecule has 0 spiro atoms. The number of benzene rings is 2. The van der Waals surface area contributed by atoms with E-state index >= 15 is 0 Å². The van der Waals surface area contributed by atoms with E-state index < -0.39 is 5.54 Å². The molecule has 1 aliphatic carbocycles. The van der Waals surface area contributed by atoms with Gasteiger partial charge < -0.3 is 15.0 Å². The van der Waals surface area contributed by atoms with Crippen LogP contribution in [0.5, 0.6) is 5.75 Å². The van der Waals surface area contributed by atoms with Crippen molar-refractivity contribution in [2.24, 2.45) is 11.1 Å². The number of rotatable bonds is 9. The quantitative estimate of drug-likeness (QED) is 0.368. The summed E-state index contributed by atoms with van der Waals surface area (Å²) in [5, 5.41) is 7.35. The van der Waals surface area contributed by atoms with Crippen LogP contribution in [-0.2, 0) is 22.6 Å². The van der Waals surface area contributed by atoms with Gasteiger partial charge in [0.1, 0.15) is 5.75 Å². The standard InChI is InChI=1S/C29H35Cl2N3O4/c1-19-14-23(30)7-5-22(19)17-32-27(35)18-38-25-8-6-20(26(31)16-25)15-21-4-3-13-34(28(21)36)24-9-11-29(2,33-37)12-10-24/h5-8,14,16,21,24H,3-4,9-13,15,17-18H2,1-2H3,(H,32,35). The summed E-state index contributed by atoms with van der Waals surface area (Å²) in [6, 6.07) is 11.1. The Hall–Kier alpha value is -2.64. The smallest absolute Gasteiger partial charge is 0.258 e. The van der Waals surface area contributed by atoms with Crippen molar-refractivity contribution in [2.75, 3.05) is 13.2 Å². The first-order valence-electron chi connectivity index (χ1n) is 13.3. The fraction of sp³-hybridized carbons (Fsp3) is 0.517. The third-order valence-corrected chi connectivity index (χ3v) is 8.51. The molecule has 0 aromatic heterocycles. The lowest BCUT2D eigenvalue weighted by molar-refractivity contribution is -0.142. The van der Waals surface area contributed by atoms with Crippen molar-refractivity contribution < 1.29 is 14.3 Å². The first-order valence-corrected chi connectivity index (χ1v) is 14.0. The van der Waals surface area contributed by atoms with Crippen LogP contribution in [0.2, 0.25) is 10.0 Å². The molecular formula is C29H35Cl2N3O4. The van der Waals surface area contributed by atoms with Crippen molar-refractivity contribution in [3.63, 3.8) is 0 Å². The molecule has 0 bridgehead atoms. The van der Waals surface area contributed by atoms with Crippen LogP contribution in [0.4, 0.5) is 0 Å². The molecule has 2 fully saturated rings. The number of hydrogen-bond acceptors (Lipinski definition) is 5. The molecule has 1 unspecified atom stereocenters. The molecule has 4 rings (SSSR count). The molecule has 204 valence electrons. The lowest BCUT2D eigenvalue weighted by Crippen LogP contribution is -2.50. The molecule has 9 heteroatoms. The van der Waals surface area contributed by atoms with Crippen LogP contribution >= 0.6 is 23.2 Å². The average Bonchev–Trinajstić information content (AvgIpc) is 2.90. The van der Waals surface area contributed by atoms with E-state index in [1.54, 1.807) is 18.2 Å². The van der Waals surface area contributed by atoms with Gasteiger partial charge in [-0.1, -0.05) is 40.5 Å². The third kappa shape index (κ3) is 7.06. The van der Waals surface area contributed by atoms with Gasteiger partial charge in [-0.3, -0.25) is 9.59 Å². The van der Waals surface area contributed by atoms with Gasteiger partial charge in [0.2, 0.25) is 5.91 Å². The maximum atomic E-state index is 13.3. The zero-order chi connectivity index (χ0) is 27.3. The molecule has 0 radical (unpaired) electrons. The Morgan fingerprint density at radius 1 is 1.13 bits per heavy atom. The highest BCUT2D eigenvalue weighted by atomic mass is 35.5. The van der Waals surface area contributed by atoms with Gasteiger partial charge in [0.15, 0.2) is 6.61 Å². The lowest BCUT2D eigenvalue weighted by atomic mass is 9.79. The minimum absolute atomic E-state index is 0.118. The molecule has 2 aromatic rings. The monoisotopic (exact) mass is 559 g/mol. The predicted octanol–water partition coefficient (Wildman–Crippen LogP) is 6.25. The maximum absolute atomic E-state index is 13.3. The Morgan fingerprint density at radius 3 is 2.55 bits per heavy atom. The number of nitroso groups, excluding NO2 is 1. The summed E-state index contributed by atoms with van der Waals surface area (Å²) in [6.45, 7) is 4.89. The van der Waals surface area contributed by atoms with E-state index in [0.29, 0.717) is 28.8 Å². The van der Waals surface area contributed by atoms with Gasteiger partial charge in [0, 0.05) is 35.1 Å². The number of likely N-dealkylation sites (tertiary alicyclic amines) is 1. The summed E-state index contributed by atoms with van der Waals surface area (Å²) in [7, 11) is 0. The minimum atomic E-state index is -0.498. The number of hydrogen-bond donors (Lipinski definition) is 1. The molecule has 38 heavy (non-hydrogen) atoms. The van der Waals surface area contributed by atoms with Crippen LogP contribution < -0.4 is 10.1 Å². The number of aryl methyl sites for hydroxylation is 1. The summed E-state index contributed by atoms with van der Waals surface area (Å²) >= 11 is 12.5. The van der Waals surface area contributed by atoms with Crippen molar-refractivity contribution in [3.05, 3.63) is 68.0 Å². The number of carbonyl (C=O) groups excluding carboxylic acids is 2. The van der Waals surface area contributed by atoms with Crippen LogP contribution in [0.1, 0.15) is 62.1 Å². The highest BCUT2D eigenvalue weighted by Crippen LogP contribution is 2.36. The number of carbonyl (C=O) groups is 2. The van der Waals surface area contributed by atoms with E-state index in [9.17, 15) is 14.5 Å². The van der Waals surface area contributed by atoms with Gasteiger partial charge >= 0.3 is 0 Å². The van der Waals surface area contributed by atoms with Gasteiger partial charge in [-0.15, -0.1) is 0 Å². The second-order valence-electron chi connectivity index (χ2n) is 10.8. The highest BCUT2D eigenvalue weighted by molar-refractivity contribution is 6.31. The summed E-state index contributed by atoms with van der Waals surface area (Å²) in [5.41, 5.74) is 2.40. The van der Waals surface area contributed by atoms with Crippen molar-refractivity contribution in [1.29, 1.82) is 0 Å². The minimum Gasteiger partial charge on any atom is -0.484 e. The molecular weight excluding hydrogens is 525 g/mol. The lowest BCUT2D eigenvalue weighted by Gasteiger charge is -2.42. The van der Waals surface area contributed by atoms with Crippen molar-refractivity contribution in [1.82, 2.24) is 10.2 Å². The van der Waals surface area contributed by atoms with Crippen molar-refractivity contribution in [2.45, 2.75) is 76.9 Å². The van der Waals surface area contributed by atoms with Crippen LogP contribution in [-0.4, -0.2) is 41.4 Å². The fourth-order valence-corrected chi connectivity index (χ4v) is 5.93. The van der Waals surface area contributed by atoms with E-state index in [-0.39, 0.29) is 30.4 Å². The maximum Gasteiger partial charge on any atom is 0.258 e. The Labute approximate surface area is 234 Å². The summed E-state index contributed by atoms with van der Waals surface area (Å²) in [5.74, 6) is 0.321. The largest absolute Gasteiger partial charge is 0.484 e. The Balaban J connectivity index is 1.28. The number of nitrogens with zero attached hydrogens (tertiary/aromatic N) is 2. The molecule has 2 aliphatic rings. The van der Waals surface area contributed by atoms with E-state index in [0.717, 1.165) is 61.8 Å². The van der Waals surface area contributed by atoms with Gasteiger partial charge in [0.25, 0.3) is 5.91 Å². The molecule has 2 amide bonds. The van der Waals surface area contributed by atoms with Crippen LogP contribution in [0.15, 0.2) is 41.6 Å². The highest BCUT2D eigenvalue weighted by Gasteiger charge is 2.39. The normalized spacial score (nSPS) is 23.7. The molecule has 2 aromatic carbocycles. The number of nitrogens with one attached hydrogen (secondary N) is 1. The van der Waals surface area contributed by atoms with E-state index in [4.69, 9.17) is 27.9 Å². The van der Waals surface area contributed by atoms with Crippen molar-refractivity contribution in [3.8, 4) is 5.75 Å². The Kier molecular flexibility index (Phi) is 9.32. The molecule has 1 saturated heterocycles. The molecule has 1 saturated carbocycles.